The van der Waals surface area contributed by atoms with Gasteiger partial charge in [-0.25, -0.2) is 4.79 Å². The highest BCUT2D eigenvalue weighted by atomic mass is 79.9. The molecule has 0 spiro atoms. The molecule has 1 aliphatic rings. The molecule has 1 aromatic carbocycles. The van der Waals surface area contributed by atoms with Crippen LogP contribution in [-0.2, 0) is 15.1 Å². The number of nitrogens with one attached hydrogen (secondary N) is 2. The van der Waals surface area contributed by atoms with Crippen molar-refractivity contribution in [1.82, 2.24) is 15.5 Å². The molecule has 2 N–H and O–H groups in total. The molecule has 0 bridgehead atoms. The highest BCUT2D eigenvalue weighted by molar-refractivity contribution is 9.10. The highest BCUT2D eigenvalue weighted by Crippen LogP contribution is 2.33. The van der Waals surface area contributed by atoms with E-state index in [0.29, 0.717) is 5.56 Å². The van der Waals surface area contributed by atoms with E-state index in [4.69, 9.17) is 0 Å². The molecule has 7 heteroatoms. The van der Waals surface area contributed by atoms with Gasteiger partial charge in [0.25, 0.3) is 5.91 Å². The Hall–Kier alpha value is -1.89. The minimum absolute atomic E-state index is 0.0343. The van der Waals surface area contributed by atoms with Gasteiger partial charge in [0, 0.05) is 16.1 Å². The van der Waals surface area contributed by atoms with Crippen LogP contribution < -0.4 is 10.6 Å². The Morgan fingerprint density at radius 1 is 1.29 bits per heavy atom. The topological polar surface area (TPSA) is 78.5 Å². The summed E-state index contributed by atoms with van der Waals surface area (Å²) < 4.78 is 0.723. The van der Waals surface area contributed by atoms with Crippen LogP contribution in [0.1, 0.15) is 33.3 Å². The van der Waals surface area contributed by atoms with Gasteiger partial charge in [-0.3, -0.25) is 14.5 Å². The van der Waals surface area contributed by atoms with Gasteiger partial charge in [0.1, 0.15) is 12.1 Å². The van der Waals surface area contributed by atoms with Crippen LogP contribution in [0.3, 0.4) is 0 Å². The summed E-state index contributed by atoms with van der Waals surface area (Å²) in [6.45, 7) is 7.22. The Balaban J connectivity index is 2.17. The van der Waals surface area contributed by atoms with E-state index in [2.05, 4.69) is 26.6 Å². The van der Waals surface area contributed by atoms with Gasteiger partial charge in [-0.05, 0) is 25.8 Å². The van der Waals surface area contributed by atoms with Gasteiger partial charge in [0.05, 0.1) is 0 Å². The number of nitrogens with zero attached hydrogens (tertiary/aromatic N) is 1. The van der Waals surface area contributed by atoms with Crippen LogP contribution in [0.4, 0.5) is 4.79 Å². The maximum Gasteiger partial charge on any atom is 0.325 e. The van der Waals surface area contributed by atoms with Gasteiger partial charge in [0.15, 0.2) is 0 Å². The Labute approximate surface area is 150 Å². The first-order valence-corrected chi connectivity index (χ1v) is 8.64. The lowest BCUT2D eigenvalue weighted by atomic mass is 9.92. The Bertz CT molecular complexity index is 677. The second-order valence-corrected chi connectivity index (χ2v) is 7.38. The molecule has 1 heterocycles. The number of urea groups is 1. The van der Waals surface area contributed by atoms with Crippen molar-refractivity contribution in [3.05, 3.63) is 34.3 Å². The van der Waals surface area contributed by atoms with Crippen LogP contribution in [0.5, 0.6) is 0 Å². The van der Waals surface area contributed by atoms with Gasteiger partial charge >= 0.3 is 6.03 Å². The third-order valence-corrected chi connectivity index (χ3v) is 5.07. The third-order valence-electron chi connectivity index (χ3n) is 4.38. The number of halogens is 1. The van der Waals surface area contributed by atoms with Crippen LogP contribution in [0, 0.1) is 5.92 Å². The Morgan fingerprint density at radius 2 is 1.92 bits per heavy atom. The van der Waals surface area contributed by atoms with Crippen LogP contribution in [0.25, 0.3) is 0 Å². The zero-order valence-corrected chi connectivity index (χ0v) is 15.8. The van der Waals surface area contributed by atoms with E-state index in [1.807, 2.05) is 26.8 Å². The summed E-state index contributed by atoms with van der Waals surface area (Å²) in [5.74, 6) is -0.523. The van der Waals surface area contributed by atoms with Crippen molar-refractivity contribution in [2.24, 2.45) is 5.92 Å². The molecule has 0 aromatic heterocycles. The molecule has 1 aromatic rings. The van der Waals surface area contributed by atoms with Crippen molar-refractivity contribution < 1.29 is 14.4 Å². The molecule has 4 amide bonds. The summed E-state index contributed by atoms with van der Waals surface area (Å²) in [4.78, 5) is 38.1. The van der Waals surface area contributed by atoms with Crippen LogP contribution in [-0.4, -0.2) is 35.3 Å². The summed E-state index contributed by atoms with van der Waals surface area (Å²) in [6.07, 6.45) is 0. The maximum atomic E-state index is 12.8. The molecule has 1 fully saturated rings. The molecule has 2 rings (SSSR count). The lowest BCUT2D eigenvalue weighted by molar-refractivity contribution is -0.135. The molecular weight excluding hydrogens is 374 g/mol. The molecule has 0 saturated carbocycles. The van der Waals surface area contributed by atoms with Crippen molar-refractivity contribution >= 4 is 33.8 Å². The summed E-state index contributed by atoms with van der Waals surface area (Å²) in [5.41, 5.74) is -0.539. The summed E-state index contributed by atoms with van der Waals surface area (Å²) in [5, 5.41) is 5.50. The zero-order valence-electron chi connectivity index (χ0n) is 14.2. The standard InChI is InChI=1S/C17H22BrN3O3/c1-10(2)11(3)19-14(22)9-21-15(23)17(4,20-16(21)24)12-7-5-6-8-13(12)18/h5-8,10-11H,9H2,1-4H3,(H,19,22)(H,20,24). The minimum Gasteiger partial charge on any atom is -0.352 e. The number of rotatable bonds is 5. The average molecular weight is 396 g/mol. The largest absolute Gasteiger partial charge is 0.352 e. The first-order valence-electron chi connectivity index (χ1n) is 7.85. The molecule has 0 aliphatic carbocycles. The quantitative estimate of drug-likeness (QED) is 0.751. The summed E-state index contributed by atoms with van der Waals surface area (Å²) in [7, 11) is 0. The Kier molecular flexibility index (Phi) is 5.32. The maximum absolute atomic E-state index is 12.8. The second-order valence-electron chi connectivity index (χ2n) is 6.53. The van der Waals surface area contributed by atoms with Crippen molar-refractivity contribution in [2.45, 2.75) is 39.3 Å². The minimum atomic E-state index is -1.19. The molecule has 130 valence electrons. The third kappa shape index (κ3) is 3.45. The van der Waals surface area contributed by atoms with E-state index < -0.39 is 17.5 Å². The monoisotopic (exact) mass is 395 g/mol. The first-order chi connectivity index (χ1) is 11.2. The number of amides is 4. The van der Waals surface area contributed by atoms with Gasteiger partial charge in [0.2, 0.25) is 5.91 Å². The number of carbonyl (C=O) groups excluding carboxylic acids is 3. The van der Waals surface area contributed by atoms with Gasteiger partial charge in [-0.15, -0.1) is 0 Å². The predicted molar refractivity (Wildman–Crippen MR) is 94.2 cm³/mol. The van der Waals surface area contributed by atoms with Gasteiger partial charge < -0.3 is 10.6 Å². The molecule has 2 atom stereocenters. The van der Waals surface area contributed by atoms with Crippen molar-refractivity contribution in [3.63, 3.8) is 0 Å². The number of hydrogen-bond donors (Lipinski definition) is 2. The van der Waals surface area contributed by atoms with E-state index in [-0.39, 0.29) is 24.4 Å². The molecule has 24 heavy (non-hydrogen) atoms. The average Bonchev–Trinajstić information content (AvgIpc) is 2.71. The smallest absolute Gasteiger partial charge is 0.325 e. The second kappa shape index (κ2) is 6.93. The fraction of sp³-hybridized carbons (Fsp3) is 0.471. The van der Waals surface area contributed by atoms with E-state index in [1.54, 1.807) is 25.1 Å². The molecule has 2 unspecified atom stereocenters. The van der Waals surface area contributed by atoms with Crippen molar-refractivity contribution in [2.75, 3.05) is 6.54 Å². The Morgan fingerprint density at radius 3 is 2.50 bits per heavy atom. The first kappa shape index (κ1) is 18.4. The van der Waals surface area contributed by atoms with E-state index in [0.717, 1.165) is 9.37 Å². The van der Waals surface area contributed by atoms with E-state index >= 15 is 0 Å². The molecule has 1 saturated heterocycles. The highest BCUT2D eigenvalue weighted by Gasteiger charge is 2.50. The van der Waals surface area contributed by atoms with Gasteiger partial charge in [-0.1, -0.05) is 48.0 Å². The van der Waals surface area contributed by atoms with E-state index in [1.165, 1.54) is 0 Å². The summed E-state index contributed by atoms with van der Waals surface area (Å²) in [6, 6.07) is 6.60. The number of benzene rings is 1. The number of imide groups is 1. The van der Waals surface area contributed by atoms with Crippen LogP contribution in [0.2, 0.25) is 0 Å². The normalized spacial score (nSPS) is 21.8. The predicted octanol–water partition coefficient (Wildman–Crippen LogP) is 2.38. The van der Waals surface area contributed by atoms with Crippen LogP contribution >= 0.6 is 15.9 Å². The number of hydrogen-bond acceptors (Lipinski definition) is 3. The molecular formula is C17H22BrN3O3. The van der Waals surface area contributed by atoms with E-state index in [9.17, 15) is 14.4 Å². The zero-order chi connectivity index (χ0) is 18.1. The SMILES string of the molecule is CC(C)C(C)NC(=O)CN1C(=O)NC(C)(c2ccccc2Br)C1=O. The molecule has 0 radical (unpaired) electrons. The van der Waals surface area contributed by atoms with Gasteiger partial charge in [-0.2, -0.15) is 0 Å². The van der Waals surface area contributed by atoms with Crippen LogP contribution in [0.15, 0.2) is 28.7 Å². The molecule has 6 nitrogen and oxygen atoms in total. The lowest BCUT2D eigenvalue weighted by Gasteiger charge is -2.23. The van der Waals surface area contributed by atoms with Crippen molar-refractivity contribution in [3.8, 4) is 0 Å². The summed E-state index contributed by atoms with van der Waals surface area (Å²) >= 11 is 3.41. The lowest BCUT2D eigenvalue weighted by Crippen LogP contribution is -2.46. The fourth-order valence-corrected chi connectivity index (χ4v) is 3.18. The number of carbonyl (C=O) groups is 3. The molecule has 1 aliphatic heterocycles. The fourth-order valence-electron chi connectivity index (χ4n) is 2.50. The van der Waals surface area contributed by atoms with Crippen molar-refractivity contribution in [1.29, 1.82) is 0 Å².